The molecule has 2 atom stereocenters. The van der Waals surface area contributed by atoms with Gasteiger partial charge in [-0.3, -0.25) is 14.7 Å². The summed E-state index contributed by atoms with van der Waals surface area (Å²) in [5, 5.41) is 24.5. The first kappa shape index (κ1) is 35.1. The molecule has 2 aromatic carbocycles. The van der Waals surface area contributed by atoms with Crippen LogP contribution in [0.15, 0.2) is 43.1 Å². The van der Waals surface area contributed by atoms with Crippen LogP contribution in [0.25, 0.3) is 32.9 Å². The van der Waals surface area contributed by atoms with Crippen LogP contribution in [0.1, 0.15) is 38.2 Å². The van der Waals surface area contributed by atoms with Gasteiger partial charge in [0.25, 0.3) is 0 Å². The molecule has 3 aliphatic rings. The number of terminal acetylenes is 1. The second-order valence-corrected chi connectivity index (χ2v) is 14.3. The molecule has 11 nitrogen and oxygen atoms in total. The van der Waals surface area contributed by atoms with Crippen LogP contribution >= 0.6 is 0 Å². The van der Waals surface area contributed by atoms with E-state index >= 15 is 4.39 Å². The highest BCUT2D eigenvalue weighted by Gasteiger charge is 2.45. The topological polar surface area (TPSA) is 137 Å². The van der Waals surface area contributed by atoms with Gasteiger partial charge in [0.1, 0.15) is 28.6 Å². The molecule has 0 bridgehead atoms. The first-order valence-corrected chi connectivity index (χ1v) is 17.3. The number of benzene rings is 2. The van der Waals surface area contributed by atoms with E-state index in [1.807, 2.05) is 11.8 Å². The maximum Gasteiger partial charge on any atom is 0.319 e. The summed E-state index contributed by atoms with van der Waals surface area (Å²) in [6, 6.07) is 7.28. The number of ether oxygens (including phenoxy) is 2. The van der Waals surface area contributed by atoms with E-state index in [4.69, 9.17) is 20.9 Å². The summed E-state index contributed by atoms with van der Waals surface area (Å²) in [7, 11) is 0. The molecule has 2 aliphatic heterocycles. The predicted octanol–water partition coefficient (Wildman–Crippen LogP) is 5.10. The number of anilines is 1. The van der Waals surface area contributed by atoms with Crippen molar-refractivity contribution in [3.63, 3.8) is 0 Å². The molecule has 0 radical (unpaired) electrons. The van der Waals surface area contributed by atoms with Gasteiger partial charge in [-0.25, -0.2) is 8.78 Å². The maximum atomic E-state index is 17.0. The molecule has 0 spiro atoms. The Morgan fingerprint density at radius 2 is 2.02 bits per heavy atom. The van der Waals surface area contributed by atoms with Crippen LogP contribution in [0.2, 0.25) is 0 Å². The monoisotopic (exact) mass is 707 g/mol. The Labute approximate surface area is 300 Å². The zero-order valence-electron chi connectivity index (χ0n) is 28.9. The second-order valence-electron chi connectivity index (χ2n) is 14.3. The number of fused-ring (bicyclic) bond motifs is 2. The van der Waals surface area contributed by atoms with E-state index in [2.05, 4.69) is 38.8 Å². The fourth-order valence-electron chi connectivity index (χ4n) is 7.34. The summed E-state index contributed by atoms with van der Waals surface area (Å²) in [5.41, 5.74) is -1.14. The minimum atomic E-state index is -0.840. The number of nitrogens with zero attached hydrogens (tertiary/aromatic N) is 6. The van der Waals surface area contributed by atoms with Gasteiger partial charge < -0.3 is 24.8 Å². The Morgan fingerprint density at radius 3 is 2.73 bits per heavy atom. The number of amides is 1. The molecule has 13 heteroatoms. The van der Waals surface area contributed by atoms with Gasteiger partial charge in [-0.1, -0.05) is 18.6 Å². The number of nitrogens with one attached hydrogen (secondary N) is 1. The highest BCUT2D eigenvalue weighted by atomic mass is 19.1. The van der Waals surface area contributed by atoms with E-state index in [0.717, 1.165) is 32.5 Å². The van der Waals surface area contributed by atoms with E-state index < -0.39 is 23.1 Å². The van der Waals surface area contributed by atoms with Gasteiger partial charge in [-0.05, 0) is 62.3 Å². The number of morpholine rings is 1. The van der Waals surface area contributed by atoms with E-state index in [9.17, 15) is 19.6 Å². The highest BCUT2D eigenvalue weighted by molar-refractivity contribution is 6.03. The third-order valence-electron chi connectivity index (χ3n) is 10.4. The highest BCUT2D eigenvalue weighted by Crippen LogP contribution is 2.47. The summed E-state index contributed by atoms with van der Waals surface area (Å²) in [6.45, 7) is 10.2. The zero-order valence-corrected chi connectivity index (χ0v) is 28.9. The molecule has 268 valence electrons. The molecule has 2 saturated heterocycles. The van der Waals surface area contributed by atoms with Crippen molar-refractivity contribution in [2.75, 3.05) is 57.4 Å². The van der Waals surface area contributed by atoms with E-state index in [1.165, 1.54) is 36.5 Å². The van der Waals surface area contributed by atoms with Crippen LogP contribution in [0, 0.1) is 46.1 Å². The molecule has 4 heterocycles. The second kappa shape index (κ2) is 14.0. The van der Waals surface area contributed by atoms with Crippen LogP contribution in [0.4, 0.5) is 14.6 Å². The fraction of sp³-hybridized carbons (Fsp3) is 0.410. The molecule has 4 aromatic rings. The Kier molecular flexibility index (Phi) is 9.42. The number of halogens is 2. The number of pyridine rings is 1. The van der Waals surface area contributed by atoms with E-state index in [-0.39, 0.29) is 62.7 Å². The molecule has 1 aliphatic carbocycles. The van der Waals surface area contributed by atoms with Crippen LogP contribution in [-0.4, -0.2) is 89.5 Å². The third kappa shape index (κ3) is 6.94. The standard InChI is InChI=1S/C39H39F2N7O4/c1-4-27-30(40)7-6-24-16-26(49)17-28(32(24)27)34-33(41)35-29(19-43-34)36(48-11-10-38(3,21-42)18-25(20-48)44-31(50)5-2)46-37(45-35)52-23-39(8-9-39)22-47-12-14-51-15-13-47/h1,5-7,16-17,19,25,49H,2,8-15,18,20,22-23H2,3H3,(H,44,50)/t25-,38-/m0/s1. The Hall–Kier alpha value is -5.37. The molecule has 7 rings (SSSR count). The molecule has 1 amide bonds. The molecule has 2 aromatic heterocycles. The van der Waals surface area contributed by atoms with Crippen LogP contribution in [0.3, 0.4) is 0 Å². The van der Waals surface area contributed by atoms with Crippen molar-refractivity contribution < 1.29 is 28.2 Å². The van der Waals surface area contributed by atoms with Crippen molar-refractivity contribution in [3.05, 3.63) is 60.3 Å². The van der Waals surface area contributed by atoms with E-state index in [0.29, 0.717) is 50.4 Å². The lowest BCUT2D eigenvalue weighted by molar-refractivity contribution is -0.117. The van der Waals surface area contributed by atoms with Gasteiger partial charge in [0, 0.05) is 61.3 Å². The van der Waals surface area contributed by atoms with Gasteiger partial charge in [0.15, 0.2) is 5.82 Å². The number of phenols is 1. The van der Waals surface area contributed by atoms with Crippen molar-refractivity contribution >= 4 is 33.4 Å². The first-order chi connectivity index (χ1) is 25.0. The minimum Gasteiger partial charge on any atom is -0.508 e. The van der Waals surface area contributed by atoms with Crippen LogP contribution in [-0.2, 0) is 9.53 Å². The number of aromatic hydroxyl groups is 1. The number of phenolic OH excluding ortho intramolecular Hbond substituents is 1. The van der Waals surface area contributed by atoms with Crippen molar-refractivity contribution in [1.29, 1.82) is 5.26 Å². The van der Waals surface area contributed by atoms with E-state index in [1.54, 1.807) is 0 Å². The molecular formula is C39H39F2N7O4. The van der Waals surface area contributed by atoms with Gasteiger partial charge in [0.05, 0.1) is 42.3 Å². The number of hydrogen-bond acceptors (Lipinski definition) is 10. The molecule has 2 N–H and O–H groups in total. The average molecular weight is 708 g/mol. The zero-order chi connectivity index (χ0) is 36.6. The number of aromatic nitrogens is 3. The quantitative estimate of drug-likeness (QED) is 0.179. The van der Waals surface area contributed by atoms with Gasteiger partial charge >= 0.3 is 6.01 Å². The summed E-state index contributed by atoms with van der Waals surface area (Å²) in [5.74, 6) is 0.620. The van der Waals surface area contributed by atoms with Crippen molar-refractivity contribution in [2.45, 2.75) is 38.6 Å². The van der Waals surface area contributed by atoms with Gasteiger partial charge in [0.2, 0.25) is 5.91 Å². The molecule has 52 heavy (non-hydrogen) atoms. The number of carbonyl (C=O) groups excluding carboxylic acids is 1. The Bertz CT molecular complexity index is 2160. The van der Waals surface area contributed by atoms with Gasteiger partial charge in [-0.15, -0.1) is 6.42 Å². The molecule has 0 unspecified atom stereocenters. The minimum absolute atomic E-state index is 0.0399. The maximum absolute atomic E-state index is 17.0. The van der Waals surface area contributed by atoms with Gasteiger partial charge in [-0.2, -0.15) is 15.2 Å². The summed E-state index contributed by atoms with van der Waals surface area (Å²) < 4.78 is 43.8. The molecular weight excluding hydrogens is 668 g/mol. The normalized spacial score (nSPS) is 21.6. The fourth-order valence-corrected chi connectivity index (χ4v) is 7.34. The summed E-state index contributed by atoms with van der Waals surface area (Å²) in [4.78, 5) is 30.6. The smallest absolute Gasteiger partial charge is 0.319 e. The number of carbonyl (C=O) groups is 1. The first-order valence-electron chi connectivity index (χ1n) is 17.3. The lowest BCUT2D eigenvalue weighted by atomic mass is 9.83. The predicted molar refractivity (Wildman–Crippen MR) is 192 cm³/mol. The number of hydrogen-bond donors (Lipinski definition) is 2. The molecule has 1 saturated carbocycles. The SMILES string of the molecule is C#Cc1c(F)ccc2cc(O)cc(-c3ncc4c(N5CC[C@](C)(C#N)C[C@H](NC(=O)C=C)C5)nc(OCC5(CN6CCOCC6)CC5)nc4c3F)c12. The van der Waals surface area contributed by atoms with Crippen molar-refractivity contribution in [1.82, 2.24) is 25.2 Å². The Balaban J connectivity index is 1.34. The summed E-state index contributed by atoms with van der Waals surface area (Å²) >= 11 is 0. The average Bonchev–Trinajstić information content (AvgIpc) is 3.94. The van der Waals surface area contributed by atoms with Crippen LogP contribution in [0.5, 0.6) is 11.8 Å². The Morgan fingerprint density at radius 1 is 1.23 bits per heavy atom. The van der Waals surface area contributed by atoms with Crippen LogP contribution < -0.4 is 15.0 Å². The lowest BCUT2D eigenvalue weighted by Gasteiger charge is -2.30. The van der Waals surface area contributed by atoms with Crippen molar-refractivity contribution in [3.8, 4) is 41.4 Å². The number of nitriles is 1. The largest absolute Gasteiger partial charge is 0.508 e. The lowest BCUT2D eigenvalue weighted by Crippen LogP contribution is -2.43. The van der Waals surface area contributed by atoms with Crippen molar-refractivity contribution in [2.24, 2.45) is 10.8 Å². The molecule has 3 fully saturated rings. The summed E-state index contributed by atoms with van der Waals surface area (Å²) in [6.07, 6.45) is 11.1. The third-order valence-corrected chi connectivity index (χ3v) is 10.4. The number of rotatable bonds is 9.